The highest BCUT2D eigenvalue weighted by Crippen LogP contribution is 2.22. The predicted molar refractivity (Wildman–Crippen MR) is 209 cm³/mol. The van der Waals surface area contributed by atoms with Crippen molar-refractivity contribution >= 4 is 67.4 Å². The zero-order chi connectivity index (χ0) is 34.8. The van der Waals surface area contributed by atoms with E-state index in [1.54, 1.807) is 6.20 Å². The van der Waals surface area contributed by atoms with E-state index in [-0.39, 0.29) is 44.5 Å². The summed E-state index contributed by atoms with van der Waals surface area (Å²) in [5.74, 6) is 1.55. The number of pyridine rings is 2. The quantitative estimate of drug-likeness (QED) is 0.153. The van der Waals surface area contributed by atoms with Crippen LogP contribution < -0.4 is 21.7 Å². The Balaban J connectivity index is 0.000000288. The van der Waals surface area contributed by atoms with E-state index in [2.05, 4.69) is 45.9 Å². The maximum absolute atomic E-state index is 8.75. The number of nitrogens with zero attached hydrogens (tertiary/aromatic N) is 8. The number of rotatable bonds is 8. The van der Waals surface area contributed by atoms with Crippen molar-refractivity contribution in [3.8, 4) is 12.1 Å². The van der Waals surface area contributed by atoms with Crippen LogP contribution >= 0.6 is 38.6 Å². The Bertz CT molecular complexity index is 1690. The lowest BCUT2D eigenvalue weighted by Gasteiger charge is -2.23. The summed E-state index contributed by atoms with van der Waals surface area (Å²) in [4.78, 5) is 23.8. The van der Waals surface area contributed by atoms with Crippen LogP contribution in [-0.4, -0.2) is 68.4 Å². The molecule has 0 spiro atoms. The number of hydrogen-bond acceptors (Lipinski definition) is 14. The summed E-state index contributed by atoms with van der Waals surface area (Å²) in [5, 5.41) is 27.4. The van der Waals surface area contributed by atoms with E-state index in [0.29, 0.717) is 28.7 Å². The van der Waals surface area contributed by atoms with E-state index in [0.717, 1.165) is 68.1 Å². The fraction of sp³-hybridized carbons (Fsp3) is 0.412. The fourth-order valence-electron chi connectivity index (χ4n) is 4.83. The number of ether oxygens (including phenoxy) is 2. The molecule has 6 heterocycles. The molecule has 6 rings (SSSR count). The van der Waals surface area contributed by atoms with Gasteiger partial charge in [-0.1, -0.05) is 11.6 Å². The summed E-state index contributed by atoms with van der Waals surface area (Å²) in [5.41, 5.74) is 10.0. The van der Waals surface area contributed by atoms with E-state index < -0.39 is 0 Å². The van der Waals surface area contributed by atoms with Gasteiger partial charge in [-0.05, 0) is 69.6 Å². The second kappa shape index (κ2) is 23.1. The van der Waals surface area contributed by atoms with Gasteiger partial charge in [-0.25, -0.2) is 29.9 Å². The van der Waals surface area contributed by atoms with Crippen LogP contribution in [0.2, 0.25) is 5.15 Å². The summed E-state index contributed by atoms with van der Waals surface area (Å²) >= 11 is 5.86. The van der Waals surface area contributed by atoms with E-state index in [4.69, 9.17) is 37.3 Å². The number of halogens is 1. The molecular formula is C34H45ClN12O2S2. The largest absolute Gasteiger partial charge is 0.382 e. The van der Waals surface area contributed by atoms with Crippen molar-refractivity contribution in [2.24, 2.45) is 0 Å². The van der Waals surface area contributed by atoms with Gasteiger partial charge in [0.2, 0.25) is 0 Å². The van der Waals surface area contributed by atoms with Crippen LogP contribution in [0.5, 0.6) is 0 Å². The maximum atomic E-state index is 8.75. The molecule has 4 aromatic rings. The molecule has 2 aliphatic rings. The molecule has 272 valence electrons. The smallest absolute Gasteiger partial charge is 0.158 e. The van der Waals surface area contributed by atoms with Crippen LogP contribution in [0.4, 0.5) is 28.8 Å². The summed E-state index contributed by atoms with van der Waals surface area (Å²) in [6.07, 6.45) is 16.9. The van der Waals surface area contributed by atoms with Crippen molar-refractivity contribution in [2.75, 3.05) is 48.0 Å². The average molecular weight is 753 g/mol. The third-order valence-electron chi connectivity index (χ3n) is 7.57. The number of aromatic nitrogens is 6. The molecule has 2 saturated heterocycles. The molecule has 2 atom stereocenters. The lowest BCUT2D eigenvalue weighted by atomic mass is 10.1. The first-order chi connectivity index (χ1) is 23.8. The van der Waals surface area contributed by atoms with Gasteiger partial charge in [-0.15, -0.1) is 0 Å². The van der Waals surface area contributed by atoms with Crippen molar-refractivity contribution in [2.45, 2.75) is 64.6 Å². The minimum Gasteiger partial charge on any atom is -0.382 e. The molecular weight excluding hydrogens is 708 g/mol. The lowest BCUT2D eigenvalue weighted by molar-refractivity contribution is 0.0246. The molecule has 5 N–H and O–H groups in total. The lowest BCUT2D eigenvalue weighted by Crippen LogP contribution is -2.27. The molecule has 0 radical (unpaired) electrons. The first-order valence-electron chi connectivity index (χ1n) is 16.1. The second-order valence-electron chi connectivity index (χ2n) is 11.4. The van der Waals surface area contributed by atoms with Gasteiger partial charge in [-0.2, -0.15) is 37.5 Å². The fourth-order valence-corrected chi connectivity index (χ4v) is 4.99. The molecule has 0 aromatic carbocycles. The summed E-state index contributed by atoms with van der Waals surface area (Å²) < 4.78 is 11.4. The van der Waals surface area contributed by atoms with Gasteiger partial charge in [-0.3, -0.25) is 0 Å². The molecule has 0 bridgehead atoms. The number of anilines is 5. The highest BCUT2D eigenvalue weighted by molar-refractivity contribution is 7.59. The SMILES string of the molecule is Cc1cnc(Cl)cc1NC[C@H]1CCCCO1.Cc1cnc(Nc2cnc(C#N)cn2)cc1NC[C@H]1CCCCO1.N#Cc1cnc(N)cn1.S.S. The van der Waals surface area contributed by atoms with Gasteiger partial charge in [0.25, 0.3) is 0 Å². The predicted octanol–water partition coefficient (Wildman–Crippen LogP) is 5.96. The molecule has 2 aliphatic heterocycles. The molecule has 51 heavy (non-hydrogen) atoms. The number of nitriles is 2. The molecule has 4 aromatic heterocycles. The van der Waals surface area contributed by atoms with E-state index in [9.17, 15) is 0 Å². The first kappa shape index (κ1) is 42.7. The van der Waals surface area contributed by atoms with Crippen LogP contribution in [0.25, 0.3) is 0 Å². The zero-order valence-corrected chi connectivity index (χ0v) is 31.5. The van der Waals surface area contributed by atoms with Gasteiger partial charge in [0.1, 0.15) is 34.7 Å². The number of nitrogens with two attached hydrogens (primary N) is 1. The Kier molecular flexibility index (Phi) is 19.4. The number of nitrogens with one attached hydrogen (secondary N) is 3. The Morgan fingerprint density at radius 2 is 1.24 bits per heavy atom. The van der Waals surface area contributed by atoms with Crippen LogP contribution in [0, 0.1) is 36.5 Å². The normalized spacial score (nSPS) is 16.0. The highest BCUT2D eigenvalue weighted by atomic mass is 35.5. The van der Waals surface area contributed by atoms with Crippen LogP contribution in [-0.2, 0) is 9.47 Å². The van der Waals surface area contributed by atoms with Crippen molar-refractivity contribution in [3.63, 3.8) is 0 Å². The van der Waals surface area contributed by atoms with E-state index >= 15 is 0 Å². The van der Waals surface area contributed by atoms with Crippen LogP contribution in [0.3, 0.4) is 0 Å². The van der Waals surface area contributed by atoms with Crippen molar-refractivity contribution < 1.29 is 9.47 Å². The first-order valence-corrected chi connectivity index (χ1v) is 16.5. The van der Waals surface area contributed by atoms with E-state index in [1.165, 1.54) is 44.0 Å². The van der Waals surface area contributed by atoms with Gasteiger partial charge >= 0.3 is 0 Å². The topological polar surface area (TPSA) is 205 Å². The number of hydrogen-bond donors (Lipinski definition) is 4. The third-order valence-corrected chi connectivity index (χ3v) is 7.78. The molecule has 0 amide bonds. The van der Waals surface area contributed by atoms with Crippen LogP contribution in [0.1, 0.15) is 61.0 Å². The molecule has 0 saturated carbocycles. The summed E-state index contributed by atoms with van der Waals surface area (Å²) in [6, 6.07) is 7.57. The Morgan fingerprint density at radius 1 is 0.706 bits per heavy atom. The van der Waals surface area contributed by atoms with Gasteiger partial charge in [0.05, 0.1) is 37.0 Å². The van der Waals surface area contributed by atoms with Gasteiger partial charge in [0, 0.05) is 56.1 Å². The monoisotopic (exact) mass is 752 g/mol. The van der Waals surface area contributed by atoms with Gasteiger partial charge < -0.3 is 31.2 Å². The molecule has 0 aliphatic carbocycles. The molecule has 2 fully saturated rings. The van der Waals surface area contributed by atoms with Crippen molar-refractivity contribution in [1.82, 2.24) is 29.9 Å². The molecule has 0 unspecified atom stereocenters. The Morgan fingerprint density at radius 3 is 1.73 bits per heavy atom. The van der Waals surface area contributed by atoms with Crippen molar-refractivity contribution in [3.05, 3.63) is 77.0 Å². The van der Waals surface area contributed by atoms with Gasteiger partial charge in [0.15, 0.2) is 11.4 Å². The third kappa shape index (κ3) is 15.1. The maximum Gasteiger partial charge on any atom is 0.158 e. The average Bonchev–Trinajstić information content (AvgIpc) is 3.14. The molecule has 14 nitrogen and oxygen atoms in total. The zero-order valence-electron chi connectivity index (χ0n) is 28.7. The van der Waals surface area contributed by atoms with Crippen molar-refractivity contribution in [1.29, 1.82) is 10.5 Å². The van der Waals surface area contributed by atoms with Crippen LogP contribution in [0.15, 0.2) is 49.3 Å². The summed E-state index contributed by atoms with van der Waals surface area (Å²) in [6.45, 7) is 7.42. The van der Waals surface area contributed by atoms with E-state index in [1.807, 2.05) is 44.3 Å². The number of aryl methyl sites for hydroxylation is 2. The number of nitrogen functional groups attached to an aromatic ring is 1. The standard InChI is InChI=1S/C17H20N6O.C12H17ClN2O.C5H4N4.2H2S/c1-12-8-21-16(23-17-11-19-13(7-18)9-22-17)6-15(12)20-10-14-4-2-3-5-24-14;1-9-7-15-12(13)6-11(9)14-8-10-4-2-3-5-16-10;6-1-4-2-9-5(7)3-8-4;;/h6,8-9,11,14H,2-5,10H2,1H3,(H2,20,21,22,23);6-7,10H,2-5,8H2,1H3,(H,14,15);2-3H,(H2,7,9);2*1H2/t14-;10-;;;/m11.../s1. The second-order valence-corrected chi connectivity index (χ2v) is 11.8. The highest BCUT2D eigenvalue weighted by Gasteiger charge is 2.15. The summed E-state index contributed by atoms with van der Waals surface area (Å²) in [7, 11) is 0. The Hall–Kier alpha value is -4.45. The molecule has 17 heteroatoms. The minimum atomic E-state index is 0. The Labute approximate surface area is 317 Å². The minimum absolute atomic E-state index is 0.